The van der Waals surface area contributed by atoms with Crippen molar-refractivity contribution in [2.75, 3.05) is 18.1 Å². The van der Waals surface area contributed by atoms with Crippen molar-refractivity contribution < 1.29 is 19.4 Å². The Morgan fingerprint density at radius 2 is 1.50 bits per heavy atom. The maximum absolute atomic E-state index is 12.9. The molecule has 4 rings (SSSR count). The number of phenols is 1. The molecule has 0 aromatic heterocycles. The van der Waals surface area contributed by atoms with Gasteiger partial charge in [-0.25, -0.2) is 0 Å². The Morgan fingerprint density at radius 1 is 0.893 bits per heavy atom. The average Bonchev–Trinajstić information content (AvgIpc) is 2.72. The van der Waals surface area contributed by atoms with Crippen molar-refractivity contribution in [3.05, 3.63) is 82.9 Å². The molecule has 1 aliphatic carbocycles. The van der Waals surface area contributed by atoms with E-state index in [9.17, 15) is 14.7 Å². The molecule has 0 unspecified atom stereocenters. The predicted molar refractivity (Wildman–Crippen MR) is 108 cm³/mol. The first-order valence-electron chi connectivity index (χ1n) is 8.72. The number of carbonyl (C=O) groups excluding carboxylic acids is 2. The van der Waals surface area contributed by atoms with Crippen molar-refractivity contribution in [1.29, 1.82) is 0 Å². The minimum atomic E-state index is -0.390. The van der Waals surface area contributed by atoms with E-state index in [2.05, 4.69) is 0 Å². The van der Waals surface area contributed by atoms with E-state index in [-0.39, 0.29) is 33.9 Å². The molecule has 0 aliphatic heterocycles. The molecule has 5 nitrogen and oxygen atoms in total. The fourth-order valence-electron chi connectivity index (χ4n) is 3.22. The summed E-state index contributed by atoms with van der Waals surface area (Å²) in [5.74, 6) is 0.361. The molecule has 0 amide bonds. The lowest BCUT2D eigenvalue weighted by molar-refractivity contribution is 0.0977. The molecule has 0 atom stereocenters. The fourth-order valence-corrected chi connectivity index (χ4v) is 4.06. The second kappa shape index (κ2) is 7.40. The maximum atomic E-state index is 12.9. The standard InChI is InChI=1S/C22H17NO4S/c23-20-17(28-11-10-27-13-6-2-1-3-7-13)12-16(24)18-19(20)22(26)15-9-5-4-8-14(15)21(18)25/h1-9,12,24H,10-11,23H2. The molecule has 6 heteroatoms. The maximum Gasteiger partial charge on any atom is 0.198 e. The molecule has 140 valence electrons. The number of fused-ring (bicyclic) bond motifs is 2. The molecule has 0 radical (unpaired) electrons. The number of thioether (sulfide) groups is 1. The van der Waals surface area contributed by atoms with E-state index in [4.69, 9.17) is 10.5 Å². The molecule has 1 aliphatic rings. The second-order valence-electron chi connectivity index (χ2n) is 6.27. The highest BCUT2D eigenvalue weighted by atomic mass is 32.2. The van der Waals surface area contributed by atoms with Gasteiger partial charge in [0.05, 0.1) is 23.4 Å². The first kappa shape index (κ1) is 18.1. The van der Waals surface area contributed by atoms with Crippen molar-refractivity contribution in [2.24, 2.45) is 0 Å². The van der Waals surface area contributed by atoms with Crippen LogP contribution in [-0.2, 0) is 0 Å². The van der Waals surface area contributed by atoms with Gasteiger partial charge in [-0.15, -0.1) is 11.8 Å². The van der Waals surface area contributed by atoms with Gasteiger partial charge >= 0.3 is 0 Å². The van der Waals surface area contributed by atoms with E-state index in [1.165, 1.54) is 17.8 Å². The van der Waals surface area contributed by atoms with Crippen LogP contribution in [0.4, 0.5) is 5.69 Å². The second-order valence-corrected chi connectivity index (χ2v) is 7.41. The number of hydrogen-bond acceptors (Lipinski definition) is 6. The van der Waals surface area contributed by atoms with Crippen molar-refractivity contribution in [3.8, 4) is 11.5 Å². The molecule has 0 spiro atoms. The van der Waals surface area contributed by atoms with E-state index in [1.54, 1.807) is 24.3 Å². The Labute approximate surface area is 166 Å². The van der Waals surface area contributed by atoms with E-state index in [0.717, 1.165) is 5.75 Å². The topological polar surface area (TPSA) is 89.6 Å². The first-order valence-corrected chi connectivity index (χ1v) is 9.71. The Balaban J connectivity index is 1.59. The number of ether oxygens (including phenoxy) is 1. The number of carbonyl (C=O) groups is 2. The highest BCUT2D eigenvalue weighted by Gasteiger charge is 2.34. The molecule has 3 N–H and O–H groups in total. The van der Waals surface area contributed by atoms with Crippen molar-refractivity contribution in [3.63, 3.8) is 0 Å². The van der Waals surface area contributed by atoms with Crippen LogP contribution >= 0.6 is 11.8 Å². The third-order valence-corrected chi connectivity index (χ3v) is 5.55. The van der Waals surface area contributed by atoms with Gasteiger partial charge in [0.2, 0.25) is 0 Å². The number of ketones is 2. The molecule has 3 aromatic carbocycles. The van der Waals surface area contributed by atoms with Gasteiger partial charge in [0.25, 0.3) is 0 Å². The van der Waals surface area contributed by atoms with Gasteiger partial charge in [-0.1, -0.05) is 42.5 Å². The summed E-state index contributed by atoms with van der Waals surface area (Å²) in [5, 5.41) is 10.4. The van der Waals surface area contributed by atoms with Gasteiger partial charge in [0, 0.05) is 21.8 Å². The third-order valence-electron chi connectivity index (χ3n) is 4.53. The van der Waals surface area contributed by atoms with Crippen LogP contribution < -0.4 is 10.5 Å². The zero-order valence-electron chi connectivity index (χ0n) is 14.8. The van der Waals surface area contributed by atoms with Crippen LogP contribution in [0.15, 0.2) is 65.6 Å². The monoisotopic (exact) mass is 391 g/mol. The number of phenolic OH excluding ortho intramolecular Hbond substituents is 1. The van der Waals surface area contributed by atoms with E-state index in [0.29, 0.717) is 22.8 Å². The summed E-state index contributed by atoms with van der Waals surface area (Å²) >= 11 is 1.36. The van der Waals surface area contributed by atoms with Crippen LogP contribution in [0, 0.1) is 0 Å². The summed E-state index contributed by atoms with van der Waals surface area (Å²) in [5.41, 5.74) is 7.09. The Morgan fingerprint density at radius 3 is 2.18 bits per heavy atom. The summed E-state index contributed by atoms with van der Waals surface area (Å²) in [4.78, 5) is 26.2. The van der Waals surface area contributed by atoms with Crippen LogP contribution in [0.25, 0.3) is 0 Å². The minimum Gasteiger partial charge on any atom is -0.507 e. The largest absolute Gasteiger partial charge is 0.507 e. The predicted octanol–water partition coefficient (Wildman–Crippen LogP) is 3.92. The SMILES string of the molecule is Nc1c(SCCOc2ccccc2)cc(O)c2c1C(=O)c1ccccc1C2=O. The molecule has 28 heavy (non-hydrogen) atoms. The molecule has 0 saturated heterocycles. The molecule has 0 saturated carbocycles. The van der Waals surface area contributed by atoms with Crippen LogP contribution in [0.3, 0.4) is 0 Å². The zero-order valence-corrected chi connectivity index (χ0v) is 15.7. The number of nitrogen functional groups attached to an aromatic ring is 1. The van der Waals surface area contributed by atoms with E-state index < -0.39 is 5.78 Å². The van der Waals surface area contributed by atoms with Crippen molar-refractivity contribution in [2.45, 2.75) is 4.90 Å². The van der Waals surface area contributed by atoms with Gasteiger partial charge in [-0.3, -0.25) is 9.59 Å². The number of para-hydroxylation sites is 1. The normalized spacial score (nSPS) is 12.4. The Kier molecular flexibility index (Phi) is 4.79. The van der Waals surface area contributed by atoms with Crippen LogP contribution in [-0.4, -0.2) is 29.0 Å². The van der Waals surface area contributed by atoms with Gasteiger partial charge in [0.1, 0.15) is 11.5 Å². The minimum absolute atomic E-state index is 0.0221. The number of hydrogen-bond donors (Lipinski definition) is 2. The smallest absolute Gasteiger partial charge is 0.198 e. The van der Waals surface area contributed by atoms with Crippen molar-refractivity contribution in [1.82, 2.24) is 0 Å². The van der Waals surface area contributed by atoms with Gasteiger partial charge in [-0.2, -0.15) is 0 Å². The fraction of sp³-hybridized carbons (Fsp3) is 0.0909. The number of anilines is 1. The highest BCUT2D eigenvalue weighted by Crippen LogP contribution is 2.41. The van der Waals surface area contributed by atoms with E-state index >= 15 is 0 Å². The molecular weight excluding hydrogens is 374 g/mol. The lowest BCUT2D eigenvalue weighted by Crippen LogP contribution is -2.22. The number of aromatic hydroxyl groups is 1. The quantitative estimate of drug-likeness (QED) is 0.232. The summed E-state index contributed by atoms with van der Waals surface area (Å²) in [6, 6.07) is 17.4. The summed E-state index contributed by atoms with van der Waals surface area (Å²) in [7, 11) is 0. The summed E-state index contributed by atoms with van der Waals surface area (Å²) in [6.45, 7) is 0.432. The molecule has 0 bridgehead atoms. The summed E-state index contributed by atoms with van der Waals surface area (Å²) < 4.78 is 5.65. The number of nitrogens with two attached hydrogens (primary N) is 1. The van der Waals surface area contributed by atoms with Gasteiger partial charge in [-0.05, 0) is 18.2 Å². The van der Waals surface area contributed by atoms with Gasteiger partial charge in [0.15, 0.2) is 11.6 Å². The molecular formula is C22H17NO4S. The van der Waals surface area contributed by atoms with Crippen molar-refractivity contribution >= 4 is 29.0 Å². The lowest BCUT2D eigenvalue weighted by atomic mass is 9.83. The van der Waals surface area contributed by atoms with Crippen LogP contribution in [0.5, 0.6) is 11.5 Å². The van der Waals surface area contributed by atoms with E-state index in [1.807, 2.05) is 30.3 Å². The number of rotatable bonds is 5. The highest BCUT2D eigenvalue weighted by molar-refractivity contribution is 7.99. The molecule has 0 heterocycles. The molecule has 0 fully saturated rings. The van der Waals surface area contributed by atoms with Crippen LogP contribution in [0.1, 0.15) is 31.8 Å². The zero-order chi connectivity index (χ0) is 19.7. The van der Waals surface area contributed by atoms with Gasteiger partial charge < -0.3 is 15.6 Å². The average molecular weight is 391 g/mol. The third kappa shape index (κ3) is 3.12. The first-order chi connectivity index (χ1) is 13.6. The summed E-state index contributed by atoms with van der Waals surface area (Å²) in [6.07, 6.45) is 0. The number of benzene rings is 3. The Bertz CT molecular complexity index is 1080. The Hall–Kier alpha value is -3.25. The molecule has 3 aromatic rings. The van der Waals surface area contributed by atoms with Crippen LogP contribution in [0.2, 0.25) is 0 Å². The lowest BCUT2D eigenvalue weighted by Gasteiger charge is -2.21.